The summed E-state index contributed by atoms with van der Waals surface area (Å²) >= 11 is 0. The number of hydrogen-bond donors (Lipinski definition) is 4. The lowest BCUT2D eigenvalue weighted by Crippen LogP contribution is -2.42. The van der Waals surface area contributed by atoms with Crippen LogP contribution in [0.3, 0.4) is 0 Å². The van der Waals surface area contributed by atoms with Gasteiger partial charge in [0, 0.05) is 17.7 Å². The predicted octanol–water partition coefficient (Wildman–Crippen LogP) is 1.81. The Balaban J connectivity index is 1.99. The number of aromatic carboxylic acids is 1. The van der Waals surface area contributed by atoms with E-state index in [4.69, 9.17) is 5.11 Å². The fourth-order valence-electron chi connectivity index (χ4n) is 2.07. The Morgan fingerprint density at radius 3 is 2.00 bits per heavy atom. The minimum absolute atomic E-state index is 0.0714. The van der Waals surface area contributed by atoms with Crippen LogP contribution in [0.2, 0.25) is 0 Å². The SMILES string of the molecule is CCC(=O)Nc1ccc(C(=O)NNC(=O)c2ccccc2C(=O)O)cc1. The first-order valence-electron chi connectivity index (χ1n) is 7.75. The molecule has 0 saturated carbocycles. The van der Waals surface area contributed by atoms with E-state index in [2.05, 4.69) is 16.2 Å². The number of hydrogen-bond acceptors (Lipinski definition) is 4. The Labute approximate surface area is 149 Å². The molecule has 0 aliphatic carbocycles. The van der Waals surface area contributed by atoms with Crippen molar-refractivity contribution in [3.63, 3.8) is 0 Å². The first-order chi connectivity index (χ1) is 12.4. The van der Waals surface area contributed by atoms with Crippen molar-refractivity contribution < 1.29 is 24.3 Å². The molecule has 2 rings (SSSR count). The van der Waals surface area contributed by atoms with Gasteiger partial charge < -0.3 is 10.4 Å². The molecule has 0 aliphatic heterocycles. The lowest BCUT2D eigenvalue weighted by Gasteiger charge is -2.10. The number of anilines is 1. The van der Waals surface area contributed by atoms with Crippen LogP contribution in [-0.4, -0.2) is 28.8 Å². The number of hydrazine groups is 1. The van der Waals surface area contributed by atoms with Crippen molar-refractivity contribution in [2.24, 2.45) is 0 Å². The lowest BCUT2D eigenvalue weighted by molar-refractivity contribution is -0.115. The number of carbonyl (C=O) groups excluding carboxylic acids is 3. The van der Waals surface area contributed by atoms with Gasteiger partial charge >= 0.3 is 5.97 Å². The van der Waals surface area contributed by atoms with Gasteiger partial charge in [-0.15, -0.1) is 0 Å². The Hall–Kier alpha value is -3.68. The van der Waals surface area contributed by atoms with E-state index < -0.39 is 17.8 Å². The maximum Gasteiger partial charge on any atom is 0.336 e. The Kier molecular flexibility index (Phi) is 6.05. The standard InChI is InChI=1S/C18H17N3O5/c1-2-15(22)19-12-9-7-11(8-10-12)16(23)20-21-17(24)13-5-3-4-6-14(13)18(25)26/h3-10H,2H2,1H3,(H,19,22)(H,20,23)(H,21,24)(H,25,26). The maximum absolute atomic E-state index is 12.1. The molecule has 0 atom stereocenters. The molecule has 0 aliphatic rings. The van der Waals surface area contributed by atoms with Crippen LogP contribution >= 0.6 is 0 Å². The highest BCUT2D eigenvalue weighted by Crippen LogP contribution is 2.10. The van der Waals surface area contributed by atoms with Gasteiger partial charge in [0.1, 0.15) is 0 Å². The first-order valence-corrected chi connectivity index (χ1v) is 7.75. The quantitative estimate of drug-likeness (QED) is 0.609. The topological polar surface area (TPSA) is 125 Å². The number of carbonyl (C=O) groups is 4. The van der Waals surface area contributed by atoms with E-state index in [9.17, 15) is 19.2 Å². The molecule has 8 nitrogen and oxygen atoms in total. The van der Waals surface area contributed by atoms with Crippen LogP contribution in [0.1, 0.15) is 44.4 Å². The van der Waals surface area contributed by atoms with E-state index in [1.165, 1.54) is 36.4 Å². The second-order valence-corrected chi connectivity index (χ2v) is 5.24. The third-order valence-corrected chi connectivity index (χ3v) is 3.44. The third kappa shape index (κ3) is 4.67. The van der Waals surface area contributed by atoms with Crippen LogP contribution in [0.5, 0.6) is 0 Å². The van der Waals surface area contributed by atoms with Crippen LogP contribution in [0.15, 0.2) is 48.5 Å². The van der Waals surface area contributed by atoms with Crippen molar-refractivity contribution in [3.05, 3.63) is 65.2 Å². The number of benzene rings is 2. The molecule has 0 bridgehead atoms. The van der Waals surface area contributed by atoms with Crippen LogP contribution < -0.4 is 16.2 Å². The number of carboxylic acids is 1. The highest BCUT2D eigenvalue weighted by Gasteiger charge is 2.16. The maximum atomic E-state index is 12.1. The molecule has 2 aromatic carbocycles. The molecule has 3 amide bonds. The molecule has 0 fully saturated rings. The van der Waals surface area contributed by atoms with Gasteiger partial charge in [0.25, 0.3) is 11.8 Å². The van der Waals surface area contributed by atoms with Crippen molar-refractivity contribution >= 4 is 29.4 Å². The van der Waals surface area contributed by atoms with Gasteiger partial charge in [-0.25, -0.2) is 4.79 Å². The average Bonchev–Trinajstić information content (AvgIpc) is 2.66. The Bertz CT molecular complexity index is 846. The third-order valence-electron chi connectivity index (χ3n) is 3.44. The van der Waals surface area contributed by atoms with E-state index >= 15 is 0 Å². The minimum Gasteiger partial charge on any atom is -0.478 e. The predicted molar refractivity (Wildman–Crippen MR) is 93.7 cm³/mol. The number of carboxylic acid groups (broad SMARTS) is 1. The fourth-order valence-corrected chi connectivity index (χ4v) is 2.07. The molecular weight excluding hydrogens is 338 g/mol. The van der Waals surface area contributed by atoms with Gasteiger partial charge in [-0.3, -0.25) is 25.2 Å². The Morgan fingerprint density at radius 2 is 1.42 bits per heavy atom. The van der Waals surface area contributed by atoms with Gasteiger partial charge in [-0.2, -0.15) is 0 Å². The van der Waals surface area contributed by atoms with E-state index in [-0.39, 0.29) is 22.6 Å². The molecule has 0 aromatic heterocycles. The van der Waals surface area contributed by atoms with Gasteiger partial charge in [0.15, 0.2) is 0 Å². The molecule has 8 heteroatoms. The van der Waals surface area contributed by atoms with Crippen molar-refractivity contribution in [1.82, 2.24) is 10.9 Å². The van der Waals surface area contributed by atoms with Crippen LogP contribution in [0, 0.1) is 0 Å². The average molecular weight is 355 g/mol. The Morgan fingerprint density at radius 1 is 0.846 bits per heavy atom. The van der Waals surface area contributed by atoms with Gasteiger partial charge in [-0.05, 0) is 36.4 Å². The summed E-state index contributed by atoms with van der Waals surface area (Å²) in [5.41, 5.74) is 4.96. The fraction of sp³-hybridized carbons (Fsp3) is 0.111. The first kappa shape index (κ1) is 18.7. The van der Waals surface area contributed by atoms with Crippen LogP contribution in [0.4, 0.5) is 5.69 Å². The van der Waals surface area contributed by atoms with Gasteiger partial charge in [0.2, 0.25) is 5.91 Å². The lowest BCUT2D eigenvalue weighted by atomic mass is 10.1. The number of amides is 3. The summed E-state index contributed by atoms with van der Waals surface area (Å²) in [5, 5.41) is 11.7. The zero-order chi connectivity index (χ0) is 19.1. The summed E-state index contributed by atoms with van der Waals surface area (Å²) in [4.78, 5) is 46.6. The summed E-state index contributed by atoms with van der Waals surface area (Å²) in [6.07, 6.45) is 0.339. The molecule has 134 valence electrons. The molecule has 0 radical (unpaired) electrons. The van der Waals surface area contributed by atoms with Crippen molar-refractivity contribution in [3.8, 4) is 0 Å². The molecule has 26 heavy (non-hydrogen) atoms. The van der Waals surface area contributed by atoms with Gasteiger partial charge in [-0.1, -0.05) is 19.1 Å². The molecular formula is C18H17N3O5. The molecule has 0 spiro atoms. The van der Waals surface area contributed by atoms with E-state index in [0.29, 0.717) is 12.1 Å². The van der Waals surface area contributed by atoms with Crippen molar-refractivity contribution in [2.75, 3.05) is 5.32 Å². The largest absolute Gasteiger partial charge is 0.478 e. The summed E-state index contributed by atoms with van der Waals surface area (Å²) < 4.78 is 0. The van der Waals surface area contributed by atoms with Crippen LogP contribution in [-0.2, 0) is 4.79 Å². The zero-order valence-electron chi connectivity index (χ0n) is 13.9. The monoisotopic (exact) mass is 355 g/mol. The molecule has 2 aromatic rings. The second kappa shape index (κ2) is 8.43. The number of rotatable bonds is 5. The summed E-state index contributed by atoms with van der Waals surface area (Å²) in [5.74, 6) is -2.72. The van der Waals surface area contributed by atoms with Crippen molar-refractivity contribution in [1.29, 1.82) is 0 Å². The van der Waals surface area contributed by atoms with E-state index in [1.54, 1.807) is 19.1 Å². The highest BCUT2D eigenvalue weighted by atomic mass is 16.4. The smallest absolute Gasteiger partial charge is 0.336 e. The minimum atomic E-state index is -1.24. The second-order valence-electron chi connectivity index (χ2n) is 5.24. The summed E-state index contributed by atoms with van der Waals surface area (Å²) in [6, 6.07) is 11.7. The van der Waals surface area contributed by atoms with E-state index in [1.807, 2.05) is 0 Å². The zero-order valence-corrected chi connectivity index (χ0v) is 13.9. The summed E-state index contributed by atoms with van der Waals surface area (Å²) in [6.45, 7) is 1.72. The molecule has 0 heterocycles. The van der Waals surface area contributed by atoms with Crippen LogP contribution in [0.25, 0.3) is 0 Å². The van der Waals surface area contributed by atoms with Crippen molar-refractivity contribution in [2.45, 2.75) is 13.3 Å². The molecule has 4 N–H and O–H groups in total. The van der Waals surface area contributed by atoms with E-state index in [0.717, 1.165) is 0 Å². The summed E-state index contributed by atoms with van der Waals surface area (Å²) in [7, 11) is 0. The number of nitrogens with one attached hydrogen (secondary N) is 3. The van der Waals surface area contributed by atoms with Gasteiger partial charge in [0.05, 0.1) is 11.1 Å². The normalized spacial score (nSPS) is 9.88. The highest BCUT2D eigenvalue weighted by molar-refractivity contribution is 6.06. The molecule has 0 unspecified atom stereocenters. The molecule has 0 saturated heterocycles.